The first-order chi connectivity index (χ1) is 9.22. The highest BCUT2D eigenvalue weighted by Gasteiger charge is 2.09. The van der Waals surface area contributed by atoms with E-state index in [9.17, 15) is 4.79 Å². The lowest BCUT2D eigenvalue weighted by atomic mass is 10.2. The molecule has 3 nitrogen and oxygen atoms in total. The molecule has 1 aromatic heterocycles. The Balaban J connectivity index is 2.07. The molecule has 2 N–H and O–H groups in total. The Kier molecular flexibility index (Phi) is 4.71. The number of benzene rings is 1. The molecule has 1 aromatic carbocycles. The summed E-state index contributed by atoms with van der Waals surface area (Å²) in [6.07, 6.45) is 0.968. The summed E-state index contributed by atoms with van der Waals surface area (Å²) in [6.45, 7) is 2.89. The van der Waals surface area contributed by atoms with Crippen molar-refractivity contribution in [2.75, 3.05) is 12.4 Å². The Morgan fingerprint density at radius 1 is 1.26 bits per heavy atom. The van der Waals surface area contributed by atoms with Crippen LogP contribution in [0.15, 0.2) is 36.4 Å². The number of anilines is 1. The molecule has 1 heterocycles. The smallest absolute Gasteiger partial charge is 0.265 e. The summed E-state index contributed by atoms with van der Waals surface area (Å²) >= 11 is 1.55. The molecule has 0 radical (unpaired) electrons. The second-order valence-corrected chi connectivity index (χ2v) is 5.47. The molecule has 0 bridgehead atoms. The first kappa shape index (κ1) is 13.8. The molecular formula is C15H18N2OS. The average Bonchev–Trinajstić information content (AvgIpc) is 2.88. The van der Waals surface area contributed by atoms with Crippen LogP contribution in [0.25, 0.3) is 0 Å². The SMILES string of the molecule is CCc1ccc(C(=O)Nc2cccc(CNC)c2)s1. The predicted octanol–water partition coefficient (Wildman–Crippen LogP) is 3.28. The van der Waals surface area contributed by atoms with Crippen molar-refractivity contribution in [1.29, 1.82) is 0 Å². The molecule has 19 heavy (non-hydrogen) atoms. The van der Waals surface area contributed by atoms with E-state index < -0.39 is 0 Å². The number of carbonyl (C=O) groups excluding carboxylic acids is 1. The van der Waals surface area contributed by atoms with Gasteiger partial charge < -0.3 is 10.6 Å². The van der Waals surface area contributed by atoms with E-state index in [0.717, 1.165) is 29.1 Å². The number of thiophene rings is 1. The molecule has 0 aliphatic rings. The number of rotatable bonds is 5. The van der Waals surface area contributed by atoms with Gasteiger partial charge in [0.2, 0.25) is 0 Å². The summed E-state index contributed by atoms with van der Waals surface area (Å²) in [4.78, 5) is 14.1. The van der Waals surface area contributed by atoms with Gasteiger partial charge in [0, 0.05) is 17.1 Å². The van der Waals surface area contributed by atoms with E-state index in [1.807, 2.05) is 43.4 Å². The topological polar surface area (TPSA) is 41.1 Å². The molecular weight excluding hydrogens is 256 g/mol. The quantitative estimate of drug-likeness (QED) is 0.878. The second kappa shape index (κ2) is 6.50. The molecule has 100 valence electrons. The van der Waals surface area contributed by atoms with Gasteiger partial charge in [0.1, 0.15) is 0 Å². The summed E-state index contributed by atoms with van der Waals surface area (Å²) in [6, 6.07) is 11.8. The highest BCUT2D eigenvalue weighted by molar-refractivity contribution is 7.14. The van der Waals surface area contributed by atoms with Crippen LogP contribution >= 0.6 is 11.3 Å². The Morgan fingerprint density at radius 2 is 2.11 bits per heavy atom. The van der Waals surface area contributed by atoms with Crippen molar-refractivity contribution in [3.63, 3.8) is 0 Å². The molecule has 0 unspecified atom stereocenters. The summed E-state index contributed by atoms with van der Waals surface area (Å²) < 4.78 is 0. The molecule has 4 heteroatoms. The fourth-order valence-corrected chi connectivity index (χ4v) is 2.69. The highest BCUT2D eigenvalue weighted by atomic mass is 32.1. The lowest BCUT2D eigenvalue weighted by Gasteiger charge is -2.06. The van der Waals surface area contributed by atoms with Gasteiger partial charge in [-0.2, -0.15) is 0 Å². The second-order valence-electron chi connectivity index (χ2n) is 4.30. The Bertz CT molecular complexity index is 563. The van der Waals surface area contributed by atoms with Gasteiger partial charge in [-0.1, -0.05) is 19.1 Å². The van der Waals surface area contributed by atoms with Crippen LogP contribution in [0, 0.1) is 0 Å². The van der Waals surface area contributed by atoms with Crippen molar-refractivity contribution in [3.8, 4) is 0 Å². The van der Waals surface area contributed by atoms with E-state index in [2.05, 4.69) is 17.6 Å². The third-order valence-electron chi connectivity index (χ3n) is 2.80. The minimum absolute atomic E-state index is 0.0358. The van der Waals surface area contributed by atoms with Gasteiger partial charge in [-0.3, -0.25) is 4.79 Å². The van der Waals surface area contributed by atoms with Crippen LogP contribution < -0.4 is 10.6 Å². The van der Waals surface area contributed by atoms with Gasteiger partial charge in [-0.05, 0) is 43.3 Å². The van der Waals surface area contributed by atoms with E-state index in [1.54, 1.807) is 11.3 Å². The van der Waals surface area contributed by atoms with Crippen molar-refractivity contribution in [2.24, 2.45) is 0 Å². The average molecular weight is 274 g/mol. The van der Waals surface area contributed by atoms with Gasteiger partial charge in [-0.15, -0.1) is 11.3 Å². The van der Waals surface area contributed by atoms with E-state index in [1.165, 1.54) is 4.88 Å². The van der Waals surface area contributed by atoms with Crippen molar-refractivity contribution < 1.29 is 4.79 Å². The van der Waals surface area contributed by atoms with Crippen LogP contribution in [0.3, 0.4) is 0 Å². The zero-order valence-corrected chi connectivity index (χ0v) is 12.0. The van der Waals surface area contributed by atoms with Gasteiger partial charge in [0.15, 0.2) is 0 Å². The lowest BCUT2D eigenvalue weighted by molar-refractivity contribution is 0.103. The highest BCUT2D eigenvalue weighted by Crippen LogP contribution is 2.19. The minimum Gasteiger partial charge on any atom is -0.321 e. The standard InChI is InChI=1S/C15H18N2OS/c1-3-13-7-8-14(19-13)15(18)17-12-6-4-5-11(9-12)10-16-2/h4-9,16H,3,10H2,1-2H3,(H,17,18). The van der Waals surface area contributed by atoms with Gasteiger partial charge in [0.05, 0.1) is 4.88 Å². The lowest BCUT2D eigenvalue weighted by Crippen LogP contribution is -2.11. The van der Waals surface area contributed by atoms with Crippen molar-refractivity contribution >= 4 is 22.9 Å². The largest absolute Gasteiger partial charge is 0.321 e. The van der Waals surface area contributed by atoms with Gasteiger partial charge in [-0.25, -0.2) is 0 Å². The van der Waals surface area contributed by atoms with Crippen LogP contribution in [0.1, 0.15) is 27.0 Å². The molecule has 2 rings (SSSR count). The summed E-state index contributed by atoms with van der Waals surface area (Å²) in [5, 5.41) is 6.03. The molecule has 0 spiro atoms. The van der Waals surface area contributed by atoms with E-state index in [-0.39, 0.29) is 5.91 Å². The van der Waals surface area contributed by atoms with Crippen LogP contribution in [0.4, 0.5) is 5.69 Å². The maximum absolute atomic E-state index is 12.1. The van der Waals surface area contributed by atoms with Crippen LogP contribution in [0.5, 0.6) is 0 Å². The summed E-state index contributed by atoms with van der Waals surface area (Å²) in [5.41, 5.74) is 1.99. The molecule has 0 aliphatic heterocycles. The number of hydrogen-bond acceptors (Lipinski definition) is 3. The summed E-state index contributed by atoms with van der Waals surface area (Å²) in [7, 11) is 1.91. The van der Waals surface area contributed by atoms with Crippen LogP contribution in [-0.2, 0) is 13.0 Å². The Labute approximate surface area is 117 Å². The molecule has 2 aromatic rings. The molecule has 0 atom stereocenters. The minimum atomic E-state index is -0.0358. The van der Waals surface area contributed by atoms with Crippen molar-refractivity contribution in [1.82, 2.24) is 5.32 Å². The predicted molar refractivity (Wildman–Crippen MR) is 80.9 cm³/mol. The molecule has 0 saturated heterocycles. The fraction of sp³-hybridized carbons (Fsp3) is 0.267. The van der Waals surface area contributed by atoms with E-state index >= 15 is 0 Å². The third kappa shape index (κ3) is 3.66. The van der Waals surface area contributed by atoms with Gasteiger partial charge in [0.25, 0.3) is 5.91 Å². The maximum Gasteiger partial charge on any atom is 0.265 e. The number of amides is 1. The van der Waals surface area contributed by atoms with Crippen molar-refractivity contribution in [3.05, 3.63) is 51.7 Å². The van der Waals surface area contributed by atoms with E-state index in [0.29, 0.717) is 0 Å². The first-order valence-corrected chi connectivity index (χ1v) is 7.18. The maximum atomic E-state index is 12.1. The van der Waals surface area contributed by atoms with Crippen molar-refractivity contribution in [2.45, 2.75) is 19.9 Å². The molecule has 0 fully saturated rings. The zero-order valence-electron chi connectivity index (χ0n) is 11.2. The molecule has 0 aliphatic carbocycles. The summed E-state index contributed by atoms with van der Waals surface area (Å²) in [5.74, 6) is -0.0358. The monoisotopic (exact) mass is 274 g/mol. The number of nitrogens with one attached hydrogen (secondary N) is 2. The normalized spacial score (nSPS) is 10.4. The molecule has 0 saturated carbocycles. The number of carbonyl (C=O) groups is 1. The Morgan fingerprint density at radius 3 is 2.79 bits per heavy atom. The van der Waals surface area contributed by atoms with Crippen LogP contribution in [-0.4, -0.2) is 13.0 Å². The zero-order chi connectivity index (χ0) is 13.7. The van der Waals surface area contributed by atoms with Crippen LogP contribution in [0.2, 0.25) is 0 Å². The van der Waals surface area contributed by atoms with Gasteiger partial charge >= 0.3 is 0 Å². The third-order valence-corrected chi connectivity index (χ3v) is 4.03. The number of hydrogen-bond donors (Lipinski definition) is 2. The first-order valence-electron chi connectivity index (χ1n) is 6.36. The Hall–Kier alpha value is -1.65. The fourth-order valence-electron chi connectivity index (χ4n) is 1.85. The molecule has 1 amide bonds. The van der Waals surface area contributed by atoms with E-state index in [4.69, 9.17) is 0 Å². The number of aryl methyl sites for hydroxylation is 1.